The van der Waals surface area contributed by atoms with Gasteiger partial charge in [0.1, 0.15) is 6.54 Å². The van der Waals surface area contributed by atoms with Gasteiger partial charge in [-0.25, -0.2) is 0 Å². The Morgan fingerprint density at radius 3 is 2.59 bits per heavy atom. The summed E-state index contributed by atoms with van der Waals surface area (Å²) >= 11 is 11.2. The minimum absolute atomic E-state index is 0.109. The quantitative estimate of drug-likeness (QED) is 0.395. The Bertz CT molecular complexity index is 937. The largest absolute Gasteiger partial charge is 0.385 e. The molecule has 0 aliphatic rings. The van der Waals surface area contributed by atoms with E-state index in [-0.39, 0.29) is 12.5 Å². The van der Waals surface area contributed by atoms with Crippen LogP contribution in [0.2, 0.25) is 5.02 Å². The predicted molar refractivity (Wildman–Crippen MR) is 110 cm³/mol. The molecule has 1 heterocycles. The van der Waals surface area contributed by atoms with Crippen molar-refractivity contribution in [3.8, 4) is 11.4 Å². The van der Waals surface area contributed by atoms with Gasteiger partial charge in [-0.05, 0) is 55.0 Å². The lowest BCUT2D eigenvalue weighted by molar-refractivity contribution is -0.121. The SMILES string of the molecule is O=C(Cn1c(-c2ccc(Cl)cc2)n[nH]c1=S)NCCCNc1ccccc1. The van der Waals surface area contributed by atoms with E-state index in [4.69, 9.17) is 23.8 Å². The third-order valence-electron chi connectivity index (χ3n) is 3.94. The van der Waals surface area contributed by atoms with Crippen molar-refractivity contribution < 1.29 is 4.79 Å². The molecule has 1 aromatic heterocycles. The van der Waals surface area contributed by atoms with E-state index >= 15 is 0 Å². The number of aromatic amines is 1. The number of anilines is 1. The molecule has 8 heteroatoms. The molecule has 140 valence electrons. The molecule has 0 saturated carbocycles. The minimum atomic E-state index is -0.109. The van der Waals surface area contributed by atoms with Gasteiger partial charge in [-0.1, -0.05) is 29.8 Å². The van der Waals surface area contributed by atoms with E-state index in [0.29, 0.717) is 22.2 Å². The van der Waals surface area contributed by atoms with Gasteiger partial charge in [0.25, 0.3) is 0 Å². The summed E-state index contributed by atoms with van der Waals surface area (Å²) in [5, 5.41) is 13.8. The zero-order valence-electron chi connectivity index (χ0n) is 14.6. The molecule has 0 fully saturated rings. The Hall–Kier alpha value is -2.64. The van der Waals surface area contributed by atoms with Gasteiger partial charge in [-0.2, -0.15) is 5.10 Å². The van der Waals surface area contributed by atoms with Gasteiger partial charge in [-0.3, -0.25) is 14.5 Å². The number of para-hydroxylation sites is 1. The summed E-state index contributed by atoms with van der Waals surface area (Å²) in [4.78, 5) is 12.3. The molecule has 3 N–H and O–H groups in total. The van der Waals surface area contributed by atoms with Crippen LogP contribution in [0.1, 0.15) is 6.42 Å². The van der Waals surface area contributed by atoms with Gasteiger partial charge in [0.05, 0.1) is 0 Å². The number of carbonyl (C=O) groups excluding carboxylic acids is 1. The van der Waals surface area contributed by atoms with E-state index in [1.807, 2.05) is 42.5 Å². The zero-order valence-corrected chi connectivity index (χ0v) is 16.2. The third kappa shape index (κ3) is 5.42. The monoisotopic (exact) mass is 401 g/mol. The van der Waals surface area contributed by atoms with Crippen LogP contribution in [0.15, 0.2) is 54.6 Å². The standard InChI is InChI=1S/C19H20ClN5OS/c20-15-9-7-14(8-10-15)18-23-24-19(27)25(18)13-17(26)22-12-4-11-21-16-5-2-1-3-6-16/h1-3,5-10,21H,4,11-13H2,(H,22,26)(H,24,27). The number of carbonyl (C=O) groups is 1. The van der Waals surface area contributed by atoms with E-state index in [1.165, 1.54) is 0 Å². The number of H-pyrrole nitrogens is 1. The fourth-order valence-electron chi connectivity index (χ4n) is 2.59. The maximum absolute atomic E-state index is 12.3. The van der Waals surface area contributed by atoms with Crippen molar-refractivity contribution in [1.82, 2.24) is 20.1 Å². The summed E-state index contributed by atoms with van der Waals surface area (Å²) in [7, 11) is 0. The van der Waals surface area contributed by atoms with Gasteiger partial charge >= 0.3 is 0 Å². The van der Waals surface area contributed by atoms with Gasteiger partial charge in [0, 0.05) is 29.4 Å². The fraction of sp³-hybridized carbons (Fsp3) is 0.211. The Balaban J connectivity index is 1.50. The molecular weight excluding hydrogens is 382 g/mol. The van der Waals surface area contributed by atoms with E-state index in [9.17, 15) is 4.79 Å². The van der Waals surface area contributed by atoms with Crippen LogP contribution in [-0.2, 0) is 11.3 Å². The van der Waals surface area contributed by atoms with Crippen molar-refractivity contribution in [2.24, 2.45) is 0 Å². The van der Waals surface area contributed by atoms with Crippen LogP contribution in [-0.4, -0.2) is 33.8 Å². The highest BCUT2D eigenvalue weighted by Gasteiger charge is 2.12. The number of hydrogen-bond donors (Lipinski definition) is 3. The molecule has 2 aromatic carbocycles. The topological polar surface area (TPSA) is 74.7 Å². The highest BCUT2D eigenvalue weighted by atomic mass is 35.5. The first kappa shape index (κ1) is 19.1. The summed E-state index contributed by atoms with van der Waals surface area (Å²) in [6.07, 6.45) is 0.821. The highest BCUT2D eigenvalue weighted by molar-refractivity contribution is 7.71. The number of aromatic nitrogens is 3. The van der Waals surface area contributed by atoms with E-state index in [1.54, 1.807) is 16.7 Å². The van der Waals surface area contributed by atoms with Crippen LogP contribution < -0.4 is 10.6 Å². The van der Waals surface area contributed by atoms with E-state index in [2.05, 4.69) is 20.8 Å². The molecule has 0 unspecified atom stereocenters. The Morgan fingerprint density at radius 1 is 1.11 bits per heavy atom. The molecule has 0 radical (unpaired) electrons. The van der Waals surface area contributed by atoms with Crippen LogP contribution in [0.4, 0.5) is 5.69 Å². The summed E-state index contributed by atoms with van der Waals surface area (Å²) in [5.41, 5.74) is 1.91. The second kappa shape index (κ2) is 9.34. The van der Waals surface area contributed by atoms with Crippen LogP contribution in [0, 0.1) is 4.77 Å². The van der Waals surface area contributed by atoms with Crippen molar-refractivity contribution in [2.45, 2.75) is 13.0 Å². The molecule has 1 amide bonds. The number of amides is 1. The average Bonchev–Trinajstić information content (AvgIpc) is 3.03. The Morgan fingerprint density at radius 2 is 1.85 bits per heavy atom. The summed E-state index contributed by atoms with van der Waals surface area (Å²) in [5.74, 6) is 0.500. The normalized spacial score (nSPS) is 10.6. The van der Waals surface area contributed by atoms with Crippen LogP contribution >= 0.6 is 23.8 Å². The lowest BCUT2D eigenvalue weighted by Crippen LogP contribution is -2.29. The molecule has 27 heavy (non-hydrogen) atoms. The van der Waals surface area contributed by atoms with Crippen molar-refractivity contribution >= 4 is 35.4 Å². The summed E-state index contributed by atoms with van der Waals surface area (Å²) in [6, 6.07) is 17.2. The molecule has 0 spiro atoms. The van der Waals surface area contributed by atoms with Gasteiger partial charge in [0.15, 0.2) is 10.6 Å². The lowest BCUT2D eigenvalue weighted by Gasteiger charge is -2.09. The number of nitrogens with one attached hydrogen (secondary N) is 3. The van der Waals surface area contributed by atoms with Crippen LogP contribution in [0.5, 0.6) is 0 Å². The van der Waals surface area contributed by atoms with Crippen molar-refractivity contribution in [3.63, 3.8) is 0 Å². The first-order valence-corrected chi connectivity index (χ1v) is 9.39. The van der Waals surface area contributed by atoms with Gasteiger partial charge in [-0.15, -0.1) is 0 Å². The summed E-state index contributed by atoms with van der Waals surface area (Å²) in [6.45, 7) is 1.48. The van der Waals surface area contributed by atoms with Crippen molar-refractivity contribution in [3.05, 3.63) is 64.4 Å². The second-order valence-corrected chi connectivity index (χ2v) is 6.76. The number of benzene rings is 2. The van der Waals surface area contributed by atoms with Crippen LogP contribution in [0.25, 0.3) is 11.4 Å². The predicted octanol–water partition coefficient (Wildman–Crippen LogP) is 3.88. The molecular formula is C19H20ClN5OS. The van der Waals surface area contributed by atoms with Gasteiger partial charge in [0.2, 0.25) is 5.91 Å². The maximum Gasteiger partial charge on any atom is 0.240 e. The fourth-order valence-corrected chi connectivity index (χ4v) is 2.91. The molecule has 0 aliphatic heterocycles. The lowest BCUT2D eigenvalue weighted by atomic mass is 10.2. The number of hydrogen-bond acceptors (Lipinski definition) is 4. The van der Waals surface area contributed by atoms with Gasteiger partial charge < -0.3 is 10.6 Å². The second-order valence-electron chi connectivity index (χ2n) is 5.94. The summed E-state index contributed by atoms with van der Waals surface area (Å²) < 4.78 is 2.08. The maximum atomic E-state index is 12.3. The van der Waals surface area contributed by atoms with Crippen LogP contribution in [0.3, 0.4) is 0 Å². The number of rotatable bonds is 8. The van der Waals surface area contributed by atoms with E-state index < -0.39 is 0 Å². The molecule has 0 bridgehead atoms. The average molecular weight is 402 g/mol. The molecule has 3 aromatic rings. The highest BCUT2D eigenvalue weighted by Crippen LogP contribution is 2.19. The van der Waals surface area contributed by atoms with Crippen molar-refractivity contribution in [1.29, 1.82) is 0 Å². The Kier molecular flexibility index (Phi) is 6.62. The zero-order chi connectivity index (χ0) is 19.1. The smallest absolute Gasteiger partial charge is 0.240 e. The Labute approximate surface area is 167 Å². The molecule has 0 saturated heterocycles. The third-order valence-corrected chi connectivity index (χ3v) is 4.50. The molecule has 0 aliphatic carbocycles. The number of nitrogens with zero attached hydrogens (tertiary/aromatic N) is 2. The first-order valence-electron chi connectivity index (χ1n) is 8.60. The van der Waals surface area contributed by atoms with E-state index in [0.717, 1.165) is 24.2 Å². The molecule has 6 nitrogen and oxygen atoms in total. The molecule has 3 rings (SSSR count). The minimum Gasteiger partial charge on any atom is -0.385 e. The number of halogens is 1. The first-order chi connectivity index (χ1) is 13.1. The van der Waals surface area contributed by atoms with Crippen molar-refractivity contribution in [2.75, 3.05) is 18.4 Å². The molecule has 0 atom stereocenters.